The lowest BCUT2D eigenvalue weighted by Gasteiger charge is -2.25. The molecule has 0 spiro atoms. The third-order valence-electron chi connectivity index (χ3n) is 6.15. The quantitative estimate of drug-likeness (QED) is 0.286. The van der Waals surface area contributed by atoms with Crippen LogP contribution in [-0.2, 0) is 20.9 Å². The van der Waals surface area contributed by atoms with E-state index >= 15 is 0 Å². The van der Waals surface area contributed by atoms with Crippen LogP contribution in [0, 0.1) is 13.8 Å². The van der Waals surface area contributed by atoms with Gasteiger partial charge in [-0.2, -0.15) is 0 Å². The van der Waals surface area contributed by atoms with Gasteiger partial charge in [0, 0.05) is 19.2 Å². The molecule has 6 heteroatoms. The number of hydrogen-bond donors (Lipinski definition) is 1. The summed E-state index contributed by atoms with van der Waals surface area (Å²) in [4.78, 5) is 27.7. The van der Waals surface area contributed by atoms with E-state index in [-0.39, 0.29) is 24.5 Å². The van der Waals surface area contributed by atoms with Crippen molar-refractivity contribution in [2.45, 2.75) is 26.5 Å². The van der Waals surface area contributed by atoms with E-state index in [9.17, 15) is 14.7 Å². The monoisotopic (exact) mass is 471 g/mol. The molecule has 1 N–H and O–H groups in total. The third kappa shape index (κ3) is 5.12. The second-order valence-corrected chi connectivity index (χ2v) is 8.65. The molecule has 6 nitrogen and oxygen atoms in total. The molecule has 0 radical (unpaired) electrons. The van der Waals surface area contributed by atoms with Crippen molar-refractivity contribution in [3.8, 4) is 5.75 Å². The van der Waals surface area contributed by atoms with Crippen LogP contribution in [0.3, 0.4) is 0 Å². The summed E-state index contributed by atoms with van der Waals surface area (Å²) in [5.41, 5.74) is 4.07. The van der Waals surface area contributed by atoms with Crippen LogP contribution in [0.25, 0.3) is 5.76 Å². The molecule has 1 saturated heterocycles. The molecule has 35 heavy (non-hydrogen) atoms. The van der Waals surface area contributed by atoms with Gasteiger partial charge in [0.2, 0.25) is 0 Å². The third-order valence-corrected chi connectivity index (χ3v) is 6.15. The Morgan fingerprint density at radius 3 is 2.49 bits per heavy atom. The number of aliphatic hydroxyl groups excluding tert-OH is 1. The van der Waals surface area contributed by atoms with Crippen LogP contribution < -0.4 is 4.74 Å². The molecule has 180 valence electrons. The second-order valence-electron chi connectivity index (χ2n) is 8.65. The predicted octanol–water partition coefficient (Wildman–Crippen LogP) is 4.95. The second kappa shape index (κ2) is 10.6. The zero-order valence-electron chi connectivity index (χ0n) is 20.2. The fourth-order valence-corrected chi connectivity index (χ4v) is 4.30. The number of benzene rings is 3. The summed E-state index contributed by atoms with van der Waals surface area (Å²) < 4.78 is 11.2. The maximum atomic E-state index is 13.2. The van der Waals surface area contributed by atoms with Gasteiger partial charge in [-0.1, -0.05) is 60.2 Å². The van der Waals surface area contributed by atoms with Crippen LogP contribution >= 0.6 is 0 Å². The molecule has 0 saturated carbocycles. The molecule has 0 aromatic heterocycles. The Balaban J connectivity index is 1.77. The zero-order valence-corrected chi connectivity index (χ0v) is 20.2. The van der Waals surface area contributed by atoms with E-state index in [0.717, 1.165) is 16.7 Å². The van der Waals surface area contributed by atoms with E-state index in [1.165, 1.54) is 4.90 Å². The van der Waals surface area contributed by atoms with Gasteiger partial charge in [0.25, 0.3) is 11.7 Å². The topological polar surface area (TPSA) is 76.1 Å². The van der Waals surface area contributed by atoms with Crippen LogP contribution in [0.15, 0.2) is 78.4 Å². The normalized spacial score (nSPS) is 17.1. The molecule has 1 fully saturated rings. The van der Waals surface area contributed by atoms with E-state index in [1.807, 2.05) is 86.6 Å². The van der Waals surface area contributed by atoms with E-state index < -0.39 is 17.7 Å². The van der Waals surface area contributed by atoms with Gasteiger partial charge < -0.3 is 19.5 Å². The molecule has 1 heterocycles. The predicted molar refractivity (Wildman–Crippen MR) is 134 cm³/mol. The Morgan fingerprint density at radius 2 is 1.74 bits per heavy atom. The van der Waals surface area contributed by atoms with Gasteiger partial charge in [-0.15, -0.1) is 0 Å². The summed E-state index contributed by atoms with van der Waals surface area (Å²) >= 11 is 0. The Hall–Kier alpha value is -3.90. The number of ketones is 1. The fourth-order valence-electron chi connectivity index (χ4n) is 4.30. The molecule has 1 aliphatic heterocycles. The molecule has 1 aliphatic rings. The minimum absolute atomic E-state index is 0.0695. The van der Waals surface area contributed by atoms with Crippen molar-refractivity contribution in [1.82, 2.24) is 4.90 Å². The maximum Gasteiger partial charge on any atom is 0.295 e. The lowest BCUT2D eigenvalue weighted by atomic mass is 9.93. The molecule has 1 unspecified atom stereocenters. The van der Waals surface area contributed by atoms with Gasteiger partial charge in [0.1, 0.15) is 18.1 Å². The van der Waals surface area contributed by atoms with Crippen molar-refractivity contribution in [2.75, 3.05) is 20.3 Å². The minimum Gasteiger partial charge on any atom is -0.507 e. The Kier molecular flexibility index (Phi) is 7.32. The van der Waals surface area contributed by atoms with Gasteiger partial charge in [-0.25, -0.2) is 0 Å². The van der Waals surface area contributed by atoms with Crippen molar-refractivity contribution < 1.29 is 24.2 Å². The summed E-state index contributed by atoms with van der Waals surface area (Å²) in [5, 5.41) is 11.3. The van der Waals surface area contributed by atoms with Crippen LogP contribution in [-0.4, -0.2) is 42.0 Å². The lowest BCUT2D eigenvalue weighted by Crippen LogP contribution is -2.32. The van der Waals surface area contributed by atoms with E-state index in [4.69, 9.17) is 9.47 Å². The highest BCUT2D eigenvalue weighted by Crippen LogP contribution is 2.40. The van der Waals surface area contributed by atoms with Crippen LogP contribution in [0.4, 0.5) is 0 Å². The van der Waals surface area contributed by atoms with E-state index in [0.29, 0.717) is 23.5 Å². The number of methoxy groups -OCH3 is 1. The van der Waals surface area contributed by atoms with Crippen molar-refractivity contribution in [3.63, 3.8) is 0 Å². The van der Waals surface area contributed by atoms with Crippen molar-refractivity contribution >= 4 is 17.4 Å². The SMILES string of the molecule is COCCN1C(=O)C(=O)/C(=C(/O)c2cc(C)ccc2C)C1c1cccc(OCc2ccccc2)c1. The summed E-state index contributed by atoms with van der Waals surface area (Å²) in [6.07, 6.45) is 0. The van der Waals surface area contributed by atoms with E-state index in [2.05, 4.69) is 0 Å². The molecule has 1 amide bonds. The molecule has 0 bridgehead atoms. The molecule has 4 rings (SSSR count). The molecular formula is C29H29NO5. The number of ether oxygens (including phenoxy) is 2. The number of carbonyl (C=O) groups excluding carboxylic acids is 2. The van der Waals surface area contributed by atoms with Gasteiger partial charge >= 0.3 is 0 Å². The number of nitrogens with zero attached hydrogens (tertiary/aromatic N) is 1. The average molecular weight is 472 g/mol. The van der Waals surface area contributed by atoms with Crippen molar-refractivity contribution in [3.05, 3.63) is 106 Å². The lowest BCUT2D eigenvalue weighted by molar-refractivity contribution is -0.140. The van der Waals surface area contributed by atoms with Gasteiger partial charge in [-0.05, 0) is 48.7 Å². The van der Waals surface area contributed by atoms with E-state index in [1.54, 1.807) is 7.11 Å². The number of hydrogen-bond acceptors (Lipinski definition) is 5. The van der Waals surface area contributed by atoms with Crippen LogP contribution in [0.5, 0.6) is 5.75 Å². The Morgan fingerprint density at radius 1 is 0.971 bits per heavy atom. The molecule has 3 aromatic carbocycles. The standard InChI is InChI=1S/C29H29NO5/c1-19-12-13-20(2)24(16-19)27(31)25-26(30(14-15-34-3)29(33)28(25)32)22-10-7-11-23(17-22)35-18-21-8-5-4-6-9-21/h4-13,16-17,26,31H,14-15,18H2,1-3H3/b27-25+. The first-order valence-corrected chi connectivity index (χ1v) is 11.5. The number of Topliss-reactive ketones (excluding diaryl/α,β-unsaturated/α-hetero) is 1. The van der Waals surface area contributed by atoms with Crippen LogP contribution in [0.1, 0.15) is 33.9 Å². The summed E-state index contributed by atoms with van der Waals surface area (Å²) in [6, 6.07) is 22.0. The fraction of sp³-hybridized carbons (Fsp3) is 0.241. The van der Waals surface area contributed by atoms with Crippen molar-refractivity contribution in [2.24, 2.45) is 0 Å². The van der Waals surface area contributed by atoms with Crippen molar-refractivity contribution in [1.29, 1.82) is 0 Å². The van der Waals surface area contributed by atoms with Crippen LogP contribution in [0.2, 0.25) is 0 Å². The average Bonchev–Trinajstić information content (AvgIpc) is 3.13. The number of likely N-dealkylation sites (tertiary alicyclic amines) is 1. The number of aryl methyl sites for hydroxylation is 2. The summed E-state index contributed by atoms with van der Waals surface area (Å²) in [5.74, 6) is -0.935. The molecular weight excluding hydrogens is 442 g/mol. The largest absolute Gasteiger partial charge is 0.507 e. The molecule has 0 aliphatic carbocycles. The molecule has 1 atom stereocenters. The van der Waals surface area contributed by atoms with Gasteiger partial charge in [-0.3, -0.25) is 9.59 Å². The Labute approximate surface area is 205 Å². The first-order chi connectivity index (χ1) is 16.9. The summed E-state index contributed by atoms with van der Waals surface area (Å²) in [6.45, 7) is 4.64. The number of carbonyl (C=O) groups is 2. The minimum atomic E-state index is -0.759. The van der Waals surface area contributed by atoms with Gasteiger partial charge in [0.05, 0.1) is 18.2 Å². The number of rotatable bonds is 8. The highest BCUT2D eigenvalue weighted by atomic mass is 16.5. The first-order valence-electron chi connectivity index (χ1n) is 11.5. The highest BCUT2D eigenvalue weighted by Gasteiger charge is 2.46. The summed E-state index contributed by atoms with van der Waals surface area (Å²) in [7, 11) is 1.54. The first kappa shape index (κ1) is 24.2. The zero-order chi connectivity index (χ0) is 24.9. The highest BCUT2D eigenvalue weighted by molar-refractivity contribution is 6.46. The molecule has 3 aromatic rings. The smallest absolute Gasteiger partial charge is 0.295 e. The number of aliphatic hydroxyl groups is 1. The maximum absolute atomic E-state index is 13.2. The van der Waals surface area contributed by atoms with Gasteiger partial charge in [0.15, 0.2) is 0 Å². The number of amides is 1. The Bertz CT molecular complexity index is 1270.